The summed E-state index contributed by atoms with van der Waals surface area (Å²) in [4.78, 5) is 21.1. The van der Waals surface area contributed by atoms with Crippen molar-refractivity contribution in [1.82, 2.24) is 4.98 Å². The highest BCUT2D eigenvalue weighted by Crippen LogP contribution is 2.32. The van der Waals surface area contributed by atoms with Crippen molar-refractivity contribution in [3.8, 4) is 0 Å². The molecule has 6 heteroatoms. The van der Waals surface area contributed by atoms with Gasteiger partial charge in [0.2, 0.25) is 0 Å². The zero-order chi connectivity index (χ0) is 18.0. The lowest BCUT2D eigenvalue weighted by Gasteiger charge is -2.38. The molecule has 26 heavy (non-hydrogen) atoms. The number of hydrogen-bond acceptors (Lipinski definition) is 5. The number of benzene rings is 1. The molecule has 2 fully saturated rings. The number of piperidine rings is 1. The second kappa shape index (κ2) is 7.05. The van der Waals surface area contributed by atoms with Gasteiger partial charge in [-0.3, -0.25) is 4.79 Å². The predicted octanol–water partition coefficient (Wildman–Crippen LogP) is 2.70. The number of nitrogens with zero attached hydrogens (tertiary/aromatic N) is 3. The molecule has 2 aliphatic heterocycles. The SMILES string of the molecule is CN(C(=O)c1ccnc(N2CCC3(CC2)OCCO3)c1)c1ccccc1. The molecule has 0 aliphatic carbocycles. The van der Waals surface area contributed by atoms with E-state index in [2.05, 4.69) is 9.88 Å². The van der Waals surface area contributed by atoms with E-state index in [-0.39, 0.29) is 5.91 Å². The van der Waals surface area contributed by atoms with Gasteiger partial charge in [0, 0.05) is 50.4 Å². The summed E-state index contributed by atoms with van der Waals surface area (Å²) in [7, 11) is 1.79. The van der Waals surface area contributed by atoms with Gasteiger partial charge < -0.3 is 19.3 Å². The molecule has 0 unspecified atom stereocenters. The van der Waals surface area contributed by atoms with E-state index in [4.69, 9.17) is 9.47 Å². The van der Waals surface area contributed by atoms with Crippen LogP contribution in [0.15, 0.2) is 48.7 Å². The lowest BCUT2D eigenvalue weighted by atomic mass is 10.0. The standard InChI is InChI=1S/C20H23N3O3/c1-22(17-5-3-2-4-6-17)19(24)16-7-10-21-18(15-16)23-11-8-20(9-12-23)25-13-14-26-20/h2-7,10,15H,8-9,11-14H2,1H3. The van der Waals surface area contributed by atoms with Crippen molar-refractivity contribution in [1.29, 1.82) is 0 Å². The first-order valence-corrected chi connectivity index (χ1v) is 8.99. The molecular formula is C20H23N3O3. The molecule has 1 aromatic heterocycles. The van der Waals surface area contributed by atoms with Crippen molar-refractivity contribution in [2.75, 3.05) is 43.2 Å². The first kappa shape index (κ1) is 17.0. The Hall–Kier alpha value is -2.44. The summed E-state index contributed by atoms with van der Waals surface area (Å²) in [5.41, 5.74) is 1.50. The third-order valence-electron chi connectivity index (χ3n) is 5.10. The van der Waals surface area contributed by atoms with Gasteiger partial charge in [0.25, 0.3) is 5.91 Å². The quantitative estimate of drug-likeness (QED) is 0.849. The number of carbonyl (C=O) groups excluding carboxylic acids is 1. The minimum absolute atomic E-state index is 0.0456. The van der Waals surface area contributed by atoms with Gasteiger partial charge in [0.05, 0.1) is 13.2 Å². The molecule has 1 spiro atoms. The van der Waals surface area contributed by atoms with Crippen LogP contribution in [0.1, 0.15) is 23.2 Å². The number of aromatic nitrogens is 1. The van der Waals surface area contributed by atoms with E-state index in [1.807, 2.05) is 36.4 Å². The lowest BCUT2D eigenvalue weighted by molar-refractivity contribution is -0.169. The van der Waals surface area contributed by atoms with Crippen LogP contribution in [-0.2, 0) is 9.47 Å². The fourth-order valence-electron chi connectivity index (χ4n) is 3.55. The number of para-hydroxylation sites is 1. The summed E-state index contributed by atoms with van der Waals surface area (Å²) in [5.74, 6) is 0.373. The number of rotatable bonds is 3. The summed E-state index contributed by atoms with van der Waals surface area (Å²) in [6, 6.07) is 13.3. The van der Waals surface area contributed by atoms with Gasteiger partial charge in [0.1, 0.15) is 5.82 Å². The normalized spacial score (nSPS) is 18.9. The number of pyridine rings is 1. The average molecular weight is 353 g/mol. The molecule has 136 valence electrons. The topological polar surface area (TPSA) is 54.9 Å². The van der Waals surface area contributed by atoms with Crippen molar-refractivity contribution in [3.05, 3.63) is 54.2 Å². The summed E-state index contributed by atoms with van der Waals surface area (Å²) in [6.07, 6.45) is 3.34. The van der Waals surface area contributed by atoms with Crippen LogP contribution in [0.5, 0.6) is 0 Å². The van der Waals surface area contributed by atoms with Crippen LogP contribution in [0.2, 0.25) is 0 Å². The molecule has 4 rings (SSSR count). The molecule has 0 atom stereocenters. The van der Waals surface area contributed by atoms with Gasteiger partial charge in [-0.25, -0.2) is 4.98 Å². The monoisotopic (exact) mass is 353 g/mol. The van der Waals surface area contributed by atoms with E-state index in [1.165, 1.54) is 0 Å². The molecule has 0 saturated carbocycles. The first-order valence-electron chi connectivity index (χ1n) is 8.99. The van der Waals surface area contributed by atoms with E-state index in [9.17, 15) is 4.79 Å². The van der Waals surface area contributed by atoms with E-state index in [0.29, 0.717) is 18.8 Å². The second-order valence-corrected chi connectivity index (χ2v) is 6.70. The third kappa shape index (κ3) is 3.30. The summed E-state index contributed by atoms with van der Waals surface area (Å²) in [6.45, 7) is 2.96. The molecule has 2 aromatic rings. The van der Waals surface area contributed by atoms with Crippen LogP contribution >= 0.6 is 0 Å². The Kier molecular flexibility index (Phi) is 4.61. The zero-order valence-electron chi connectivity index (χ0n) is 14.9. The van der Waals surface area contributed by atoms with Crippen LogP contribution < -0.4 is 9.80 Å². The molecule has 0 bridgehead atoms. The van der Waals surface area contributed by atoms with Crippen molar-refractivity contribution >= 4 is 17.4 Å². The minimum Gasteiger partial charge on any atom is -0.356 e. The molecule has 1 aromatic carbocycles. The molecule has 3 heterocycles. The zero-order valence-corrected chi connectivity index (χ0v) is 14.9. The first-order chi connectivity index (χ1) is 12.7. The highest BCUT2D eigenvalue weighted by molar-refractivity contribution is 6.06. The maximum Gasteiger partial charge on any atom is 0.258 e. The van der Waals surface area contributed by atoms with Gasteiger partial charge in [-0.1, -0.05) is 18.2 Å². The largest absolute Gasteiger partial charge is 0.356 e. The van der Waals surface area contributed by atoms with Crippen LogP contribution in [-0.4, -0.2) is 50.0 Å². The third-order valence-corrected chi connectivity index (χ3v) is 5.10. The van der Waals surface area contributed by atoms with Crippen molar-refractivity contribution in [2.45, 2.75) is 18.6 Å². The molecule has 2 aliphatic rings. The lowest BCUT2D eigenvalue weighted by Crippen LogP contribution is -2.45. The van der Waals surface area contributed by atoms with Gasteiger partial charge in [-0.05, 0) is 24.3 Å². The Morgan fingerprint density at radius 3 is 2.50 bits per heavy atom. The smallest absolute Gasteiger partial charge is 0.258 e. The fraction of sp³-hybridized carbons (Fsp3) is 0.400. The van der Waals surface area contributed by atoms with Gasteiger partial charge >= 0.3 is 0 Å². The Balaban J connectivity index is 1.47. The Bertz CT molecular complexity index is 765. The summed E-state index contributed by atoms with van der Waals surface area (Å²) in [5, 5.41) is 0. The predicted molar refractivity (Wildman–Crippen MR) is 99.5 cm³/mol. The molecular weight excluding hydrogens is 330 g/mol. The van der Waals surface area contributed by atoms with E-state index < -0.39 is 5.79 Å². The number of carbonyl (C=O) groups is 1. The summed E-state index contributed by atoms with van der Waals surface area (Å²) >= 11 is 0. The van der Waals surface area contributed by atoms with Crippen LogP contribution in [0.25, 0.3) is 0 Å². The van der Waals surface area contributed by atoms with Crippen LogP contribution in [0.4, 0.5) is 11.5 Å². The Morgan fingerprint density at radius 1 is 1.12 bits per heavy atom. The molecule has 1 amide bonds. The Morgan fingerprint density at radius 2 is 1.81 bits per heavy atom. The van der Waals surface area contributed by atoms with Gasteiger partial charge in [-0.15, -0.1) is 0 Å². The molecule has 6 nitrogen and oxygen atoms in total. The molecule has 0 N–H and O–H groups in total. The van der Waals surface area contributed by atoms with Crippen LogP contribution in [0.3, 0.4) is 0 Å². The van der Waals surface area contributed by atoms with Gasteiger partial charge in [0.15, 0.2) is 5.79 Å². The highest BCUT2D eigenvalue weighted by Gasteiger charge is 2.40. The number of ether oxygens (including phenoxy) is 2. The summed E-state index contributed by atoms with van der Waals surface area (Å²) < 4.78 is 11.6. The fourth-order valence-corrected chi connectivity index (χ4v) is 3.55. The average Bonchev–Trinajstić information content (AvgIpc) is 3.16. The maximum atomic E-state index is 12.8. The number of anilines is 2. The number of hydrogen-bond donors (Lipinski definition) is 0. The maximum absolute atomic E-state index is 12.8. The van der Waals surface area contributed by atoms with E-state index in [0.717, 1.165) is 37.4 Å². The highest BCUT2D eigenvalue weighted by atomic mass is 16.7. The minimum atomic E-state index is -0.405. The van der Waals surface area contributed by atoms with E-state index >= 15 is 0 Å². The molecule has 2 saturated heterocycles. The Labute approximate surface area is 153 Å². The number of amides is 1. The molecule has 0 radical (unpaired) electrons. The second-order valence-electron chi connectivity index (χ2n) is 6.70. The van der Waals surface area contributed by atoms with E-state index in [1.54, 1.807) is 24.2 Å². The van der Waals surface area contributed by atoms with Crippen molar-refractivity contribution < 1.29 is 14.3 Å². The van der Waals surface area contributed by atoms with Crippen molar-refractivity contribution in [2.24, 2.45) is 0 Å². The van der Waals surface area contributed by atoms with Crippen LogP contribution in [0, 0.1) is 0 Å². The van der Waals surface area contributed by atoms with Crippen molar-refractivity contribution in [3.63, 3.8) is 0 Å². The van der Waals surface area contributed by atoms with Gasteiger partial charge in [-0.2, -0.15) is 0 Å².